The van der Waals surface area contributed by atoms with E-state index >= 15 is 0 Å². The van der Waals surface area contributed by atoms with Crippen LogP contribution in [0.3, 0.4) is 0 Å². The summed E-state index contributed by atoms with van der Waals surface area (Å²) >= 11 is 1.38. The van der Waals surface area contributed by atoms with E-state index in [9.17, 15) is 22.8 Å². The van der Waals surface area contributed by atoms with Crippen molar-refractivity contribution < 1.29 is 22.8 Å². The van der Waals surface area contributed by atoms with Crippen molar-refractivity contribution in [1.82, 2.24) is 24.6 Å². The number of nitrogens with zero attached hydrogens (tertiary/aromatic N) is 5. The maximum absolute atomic E-state index is 13.7. The zero-order chi connectivity index (χ0) is 26.2. The molecule has 1 atom stereocenters. The Bertz CT molecular complexity index is 1270. The monoisotopic (exact) mass is 531 g/mol. The lowest BCUT2D eigenvalue weighted by Gasteiger charge is -2.44. The van der Waals surface area contributed by atoms with Crippen molar-refractivity contribution in [2.75, 3.05) is 13.1 Å². The number of halogens is 3. The van der Waals surface area contributed by atoms with E-state index in [-0.39, 0.29) is 36.1 Å². The largest absolute Gasteiger partial charge is 0.435 e. The average molecular weight is 532 g/mol. The average Bonchev–Trinajstić information content (AvgIpc) is 3.55. The molecule has 0 radical (unpaired) electrons. The van der Waals surface area contributed by atoms with Crippen LogP contribution in [0.4, 0.5) is 13.2 Å². The fourth-order valence-electron chi connectivity index (χ4n) is 5.46. The molecule has 3 heterocycles. The number of carbonyl (C=O) groups excluding carboxylic acids is 2. The van der Waals surface area contributed by atoms with Crippen LogP contribution in [-0.2, 0) is 23.9 Å². The van der Waals surface area contributed by atoms with Crippen LogP contribution < -0.4 is 0 Å². The number of hydrogen-bond acceptors (Lipinski definition) is 5. The van der Waals surface area contributed by atoms with E-state index in [0.717, 1.165) is 30.0 Å². The van der Waals surface area contributed by atoms with Gasteiger partial charge in [0.05, 0.1) is 11.6 Å². The second-order valence-electron chi connectivity index (χ2n) is 9.63. The minimum Gasteiger partial charge on any atom is -0.341 e. The van der Waals surface area contributed by atoms with Gasteiger partial charge < -0.3 is 9.80 Å². The van der Waals surface area contributed by atoms with Crippen molar-refractivity contribution in [3.8, 4) is 0 Å². The lowest BCUT2D eigenvalue weighted by atomic mass is 9.85. The Morgan fingerprint density at radius 2 is 1.92 bits per heavy atom. The van der Waals surface area contributed by atoms with Gasteiger partial charge in [-0.25, -0.2) is 4.98 Å². The van der Waals surface area contributed by atoms with E-state index in [1.165, 1.54) is 29.4 Å². The van der Waals surface area contributed by atoms with Crippen LogP contribution in [0.15, 0.2) is 41.2 Å². The Kier molecular flexibility index (Phi) is 7.06. The van der Waals surface area contributed by atoms with Crippen LogP contribution in [-0.4, -0.2) is 55.5 Å². The SMILES string of the molecule is Cc1cc(C(F)(F)F)nn1CC(=O)N1CCC(N(C(=O)c2cscn2)[C@@H]2CCCc3ccccc32)CC1. The van der Waals surface area contributed by atoms with Gasteiger partial charge in [-0.2, -0.15) is 18.3 Å². The highest BCUT2D eigenvalue weighted by Crippen LogP contribution is 2.38. The predicted octanol–water partition coefficient (Wildman–Crippen LogP) is 4.88. The Hall–Kier alpha value is -3.21. The normalized spacial score (nSPS) is 18.5. The fraction of sp³-hybridized carbons (Fsp3) is 0.462. The highest BCUT2D eigenvalue weighted by molar-refractivity contribution is 7.07. The lowest BCUT2D eigenvalue weighted by Crippen LogP contribution is -2.51. The number of likely N-dealkylation sites (tertiary alicyclic amines) is 1. The van der Waals surface area contributed by atoms with Gasteiger partial charge in [-0.05, 0) is 56.2 Å². The van der Waals surface area contributed by atoms with E-state index in [1.54, 1.807) is 15.8 Å². The molecule has 0 unspecified atom stereocenters. The zero-order valence-corrected chi connectivity index (χ0v) is 21.3. The molecule has 1 aliphatic heterocycles. The maximum Gasteiger partial charge on any atom is 0.435 e. The van der Waals surface area contributed by atoms with E-state index in [4.69, 9.17) is 0 Å². The van der Waals surface area contributed by atoms with Gasteiger partial charge in [0, 0.05) is 30.2 Å². The summed E-state index contributed by atoms with van der Waals surface area (Å²) in [4.78, 5) is 34.5. The Morgan fingerprint density at radius 3 is 2.59 bits per heavy atom. The minimum absolute atomic E-state index is 0.0566. The second-order valence-corrected chi connectivity index (χ2v) is 10.3. The summed E-state index contributed by atoms with van der Waals surface area (Å²) in [5.74, 6) is -0.377. The summed E-state index contributed by atoms with van der Waals surface area (Å²) in [5, 5.41) is 5.35. The zero-order valence-electron chi connectivity index (χ0n) is 20.4. The van der Waals surface area contributed by atoms with Gasteiger partial charge in [0.1, 0.15) is 12.2 Å². The van der Waals surface area contributed by atoms with Gasteiger partial charge in [0.15, 0.2) is 5.69 Å². The molecule has 5 rings (SSSR count). The van der Waals surface area contributed by atoms with E-state index in [2.05, 4.69) is 22.2 Å². The summed E-state index contributed by atoms with van der Waals surface area (Å²) in [7, 11) is 0. The molecule has 7 nitrogen and oxygen atoms in total. The molecule has 1 aliphatic carbocycles. The number of hydrogen-bond donors (Lipinski definition) is 0. The van der Waals surface area contributed by atoms with Crippen molar-refractivity contribution in [3.63, 3.8) is 0 Å². The van der Waals surface area contributed by atoms with E-state index < -0.39 is 11.9 Å². The molecule has 0 saturated carbocycles. The molecule has 2 amide bonds. The molecule has 11 heteroatoms. The van der Waals surface area contributed by atoms with Crippen LogP contribution in [0, 0.1) is 6.92 Å². The van der Waals surface area contributed by atoms with Crippen LogP contribution in [0.5, 0.6) is 0 Å². The third-order valence-electron chi connectivity index (χ3n) is 7.33. The van der Waals surface area contributed by atoms with Gasteiger partial charge in [0.25, 0.3) is 5.91 Å². The number of aromatic nitrogens is 3. The second kappa shape index (κ2) is 10.3. The molecule has 37 heavy (non-hydrogen) atoms. The first-order valence-corrected chi connectivity index (χ1v) is 13.3. The van der Waals surface area contributed by atoms with Gasteiger partial charge in [-0.15, -0.1) is 11.3 Å². The Morgan fingerprint density at radius 1 is 1.16 bits per heavy atom. The van der Waals surface area contributed by atoms with Gasteiger partial charge >= 0.3 is 6.18 Å². The molecule has 2 aliphatic rings. The molecule has 3 aromatic rings. The molecule has 0 N–H and O–H groups in total. The first-order chi connectivity index (χ1) is 17.7. The van der Waals surface area contributed by atoms with Crippen molar-refractivity contribution in [2.45, 2.75) is 63.8 Å². The predicted molar refractivity (Wildman–Crippen MR) is 132 cm³/mol. The summed E-state index contributed by atoms with van der Waals surface area (Å²) in [6.07, 6.45) is -0.531. The maximum atomic E-state index is 13.7. The van der Waals surface area contributed by atoms with Crippen LogP contribution in [0.2, 0.25) is 0 Å². The van der Waals surface area contributed by atoms with Crippen LogP contribution in [0.25, 0.3) is 0 Å². The molecule has 2 aromatic heterocycles. The van der Waals surface area contributed by atoms with Gasteiger partial charge in [0.2, 0.25) is 5.91 Å². The smallest absolute Gasteiger partial charge is 0.341 e. The van der Waals surface area contributed by atoms with Crippen molar-refractivity contribution in [3.05, 3.63) is 69.4 Å². The molecule has 196 valence electrons. The highest BCUT2D eigenvalue weighted by Gasteiger charge is 2.38. The standard InChI is InChI=1S/C26H28F3N5O2S/c1-17-13-23(26(27,28)29)31-33(17)14-24(35)32-11-9-19(10-12-32)34(25(36)21-15-37-16-30-21)22-8-4-6-18-5-2-3-7-20(18)22/h2-3,5,7,13,15-16,19,22H,4,6,8-12,14H2,1H3/t22-/m1/s1. The highest BCUT2D eigenvalue weighted by atomic mass is 32.1. The number of amides is 2. The first-order valence-electron chi connectivity index (χ1n) is 12.4. The summed E-state index contributed by atoms with van der Waals surface area (Å²) in [6.45, 7) is 2.10. The number of carbonyl (C=O) groups is 2. The number of thiazole rings is 1. The summed E-state index contributed by atoms with van der Waals surface area (Å²) < 4.78 is 40.1. The quantitative estimate of drug-likeness (QED) is 0.471. The lowest BCUT2D eigenvalue weighted by molar-refractivity contribution is -0.142. The van der Waals surface area contributed by atoms with Gasteiger partial charge in [-0.1, -0.05) is 24.3 Å². The van der Waals surface area contributed by atoms with Crippen molar-refractivity contribution >= 4 is 23.2 Å². The summed E-state index contributed by atoms with van der Waals surface area (Å²) in [6, 6.07) is 9.07. The minimum atomic E-state index is -4.55. The van der Waals surface area contributed by atoms with Crippen LogP contribution in [0.1, 0.15) is 64.7 Å². The third-order valence-corrected chi connectivity index (χ3v) is 7.91. The molecule has 1 fully saturated rings. The van der Waals surface area contributed by atoms with E-state index in [1.807, 2.05) is 17.0 Å². The molecule has 1 saturated heterocycles. The van der Waals surface area contributed by atoms with Gasteiger partial charge in [-0.3, -0.25) is 14.3 Å². The molecule has 0 spiro atoms. The molecule has 1 aromatic carbocycles. The van der Waals surface area contributed by atoms with Crippen LogP contribution >= 0.6 is 11.3 Å². The number of alkyl halides is 3. The first kappa shape index (κ1) is 25.4. The van der Waals surface area contributed by atoms with E-state index in [0.29, 0.717) is 31.6 Å². The number of piperidine rings is 1. The Labute approximate surface area is 216 Å². The Balaban J connectivity index is 1.31. The van der Waals surface area contributed by atoms with Crippen molar-refractivity contribution in [1.29, 1.82) is 0 Å². The number of aryl methyl sites for hydroxylation is 2. The molecular formula is C26H28F3N5O2S. The topological polar surface area (TPSA) is 71.3 Å². The number of rotatable bonds is 5. The summed E-state index contributed by atoms with van der Waals surface area (Å²) in [5.41, 5.74) is 3.80. The number of benzene rings is 1. The number of fused-ring (bicyclic) bond motifs is 1. The fourth-order valence-corrected chi connectivity index (χ4v) is 5.99. The van der Waals surface area contributed by atoms with Crippen molar-refractivity contribution in [2.24, 2.45) is 0 Å². The molecular weight excluding hydrogens is 503 g/mol. The molecule has 0 bridgehead atoms. The third kappa shape index (κ3) is 5.27.